The molecule has 31 heavy (non-hydrogen) atoms. The zero-order chi connectivity index (χ0) is 22.0. The second-order valence-electron chi connectivity index (χ2n) is 7.79. The van der Waals surface area contributed by atoms with Crippen LogP contribution in [0.3, 0.4) is 0 Å². The van der Waals surface area contributed by atoms with Crippen LogP contribution >= 0.6 is 0 Å². The average Bonchev–Trinajstić information content (AvgIpc) is 2.79. The first kappa shape index (κ1) is 20.7. The zero-order valence-corrected chi connectivity index (χ0v) is 18.0. The number of carbonyl (C=O) groups excluding carboxylic acids is 2. The number of hydrogen-bond acceptors (Lipinski definition) is 3. The molecule has 5 nitrogen and oxygen atoms in total. The fourth-order valence-corrected chi connectivity index (χ4v) is 4.38. The monoisotopic (exact) mass is 414 g/mol. The summed E-state index contributed by atoms with van der Waals surface area (Å²) in [5.41, 5.74) is 3.28. The Hall–Kier alpha value is -3.60. The average molecular weight is 415 g/mol. The lowest BCUT2D eigenvalue weighted by Crippen LogP contribution is -2.47. The van der Waals surface area contributed by atoms with Crippen molar-refractivity contribution in [2.75, 3.05) is 16.9 Å². The van der Waals surface area contributed by atoms with Crippen LogP contribution in [0.15, 0.2) is 78.9 Å². The summed E-state index contributed by atoms with van der Waals surface area (Å²) in [7, 11) is 1.60. The van der Waals surface area contributed by atoms with Crippen molar-refractivity contribution in [1.29, 1.82) is 0 Å². The second-order valence-corrected chi connectivity index (χ2v) is 7.79. The molecule has 3 aromatic carbocycles. The van der Waals surface area contributed by atoms with Crippen LogP contribution in [-0.4, -0.2) is 25.0 Å². The minimum atomic E-state index is -0.147. The molecule has 2 amide bonds. The third kappa shape index (κ3) is 3.91. The minimum Gasteiger partial charge on any atom is -0.497 e. The van der Waals surface area contributed by atoms with Crippen molar-refractivity contribution in [1.82, 2.24) is 0 Å². The molecule has 0 saturated carbocycles. The molecule has 5 heteroatoms. The van der Waals surface area contributed by atoms with E-state index in [2.05, 4.69) is 0 Å². The van der Waals surface area contributed by atoms with Gasteiger partial charge in [-0.15, -0.1) is 0 Å². The number of nitrogens with zero attached hydrogens (tertiary/aromatic N) is 2. The van der Waals surface area contributed by atoms with E-state index >= 15 is 0 Å². The minimum absolute atomic E-state index is 0.0202. The Labute approximate surface area is 182 Å². The van der Waals surface area contributed by atoms with Gasteiger partial charge in [0.2, 0.25) is 5.91 Å². The van der Waals surface area contributed by atoms with Crippen LogP contribution in [0.5, 0.6) is 5.75 Å². The van der Waals surface area contributed by atoms with E-state index in [0.29, 0.717) is 17.7 Å². The highest BCUT2D eigenvalue weighted by Gasteiger charge is 2.38. The van der Waals surface area contributed by atoms with Crippen molar-refractivity contribution in [3.63, 3.8) is 0 Å². The zero-order valence-electron chi connectivity index (χ0n) is 18.0. The van der Waals surface area contributed by atoms with Crippen LogP contribution in [0.4, 0.5) is 11.4 Å². The van der Waals surface area contributed by atoms with Gasteiger partial charge in [-0.2, -0.15) is 0 Å². The first-order valence-corrected chi connectivity index (χ1v) is 10.4. The van der Waals surface area contributed by atoms with Gasteiger partial charge in [-0.25, -0.2) is 0 Å². The Balaban J connectivity index is 1.75. The summed E-state index contributed by atoms with van der Waals surface area (Å²) in [6, 6.07) is 24.5. The standard InChI is InChI=1S/C26H26N2O3/c1-18-17-25(28(19(2)29)21-9-5-4-6-10-21)23-11-7-8-12-24(23)27(18)26(30)20-13-15-22(31-3)16-14-20/h4-16,18,25H,17H2,1-3H3/t18-,25+/m1/s1. The van der Waals surface area contributed by atoms with E-state index in [9.17, 15) is 9.59 Å². The molecule has 158 valence electrons. The predicted molar refractivity (Wildman–Crippen MR) is 123 cm³/mol. The number of methoxy groups -OCH3 is 1. The maximum Gasteiger partial charge on any atom is 0.258 e. The van der Waals surface area contributed by atoms with Gasteiger partial charge in [-0.3, -0.25) is 9.59 Å². The van der Waals surface area contributed by atoms with Gasteiger partial charge in [0.1, 0.15) is 5.75 Å². The fraction of sp³-hybridized carbons (Fsp3) is 0.231. The number of hydrogen-bond donors (Lipinski definition) is 0. The van der Waals surface area contributed by atoms with Gasteiger partial charge in [0.05, 0.1) is 13.2 Å². The molecule has 0 fully saturated rings. The Morgan fingerprint density at radius 3 is 2.23 bits per heavy atom. The van der Waals surface area contributed by atoms with E-state index in [1.54, 1.807) is 38.3 Å². The number of para-hydroxylation sites is 2. The van der Waals surface area contributed by atoms with Crippen LogP contribution in [0, 0.1) is 0 Å². The Bertz CT molecular complexity index is 1080. The second kappa shape index (κ2) is 8.64. The van der Waals surface area contributed by atoms with Gasteiger partial charge < -0.3 is 14.5 Å². The highest BCUT2D eigenvalue weighted by Crippen LogP contribution is 2.42. The van der Waals surface area contributed by atoms with Gasteiger partial charge in [-0.05, 0) is 61.4 Å². The van der Waals surface area contributed by atoms with E-state index in [0.717, 1.165) is 16.9 Å². The molecule has 0 aromatic heterocycles. The predicted octanol–water partition coefficient (Wildman–Crippen LogP) is 5.23. The number of amides is 2. The lowest BCUT2D eigenvalue weighted by molar-refractivity contribution is -0.117. The van der Waals surface area contributed by atoms with Crippen molar-refractivity contribution < 1.29 is 14.3 Å². The van der Waals surface area contributed by atoms with Crippen molar-refractivity contribution in [3.8, 4) is 5.75 Å². The van der Waals surface area contributed by atoms with Gasteiger partial charge >= 0.3 is 0 Å². The number of rotatable bonds is 4. The van der Waals surface area contributed by atoms with Crippen LogP contribution in [0.25, 0.3) is 0 Å². The highest BCUT2D eigenvalue weighted by molar-refractivity contribution is 6.07. The molecule has 1 aliphatic heterocycles. The Morgan fingerprint density at radius 2 is 1.58 bits per heavy atom. The molecule has 0 radical (unpaired) electrons. The summed E-state index contributed by atoms with van der Waals surface area (Å²) in [6.45, 7) is 3.63. The molecule has 0 aliphatic carbocycles. The summed E-state index contributed by atoms with van der Waals surface area (Å²) in [5.74, 6) is 0.631. The molecule has 0 spiro atoms. The molecule has 3 aromatic rings. The fourth-order valence-electron chi connectivity index (χ4n) is 4.38. The third-order valence-corrected chi connectivity index (χ3v) is 5.80. The normalized spacial score (nSPS) is 17.6. The van der Waals surface area contributed by atoms with E-state index in [-0.39, 0.29) is 23.9 Å². The van der Waals surface area contributed by atoms with E-state index in [1.807, 2.05) is 71.3 Å². The molecule has 2 atom stereocenters. The number of carbonyl (C=O) groups is 2. The van der Waals surface area contributed by atoms with Crippen molar-refractivity contribution >= 4 is 23.2 Å². The molecule has 0 unspecified atom stereocenters. The lowest BCUT2D eigenvalue weighted by Gasteiger charge is -2.43. The van der Waals surface area contributed by atoms with Gasteiger partial charge in [0, 0.05) is 29.9 Å². The topological polar surface area (TPSA) is 49.9 Å². The summed E-state index contributed by atoms with van der Waals surface area (Å²) >= 11 is 0. The highest BCUT2D eigenvalue weighted by atomic mass is 16.5. The summed E-state index contributed by atoms with van der Waals surface area (Å²) < 4.78 is 5.21. The Morgan fingerprint density at radius 1 is 0.935 bits per heavy atom. The van der Waals surface area contributed by atoms with Crippen molar-refractivity contribution in [2.24, 2.45) is 0 Å². The third-order valence-electron chi connectivity index (χ3n) is 5.80. The molecule has 0 bridgehead atoms. The van der Waals surface area contributed by atoms with Crippen LogP contribution in [0.2, 0.25) is 0 Å². The van der Waals surface area contributed by atoms with E-state index < -0.39 is 0 Å². The van der Waals surface area contributed by atoms with E-state index in [1.165, 1.54) is 0 Å². The number of ether oxygens (including phenoxy) is 1. The molecule has 0 N–H and O–H groups in total. The van der Waals surface area contributed by atoms with Crippen molar-refractivity contribution in [3.05, 3.63) is 90.0 Å². The molecular weight excluding hydrogens is 388 g/mol. The molecular formula is C26H26N2O3. The maximum atomic E-state index is 13.5. The number of benzene rings is 3. The SMILES string of the molecule is COc1ccc(C(=O)N2c3ccccc3[C@@H](N(C(C)=O)c3ccccc3)C[C@H]2C)cc1. The molecule has 0 saturated heterocycles. The summed E-state index contributed by atoms with van der Waals surface area (Å²) in [6.07, 6.45) is 0.646. The first-order chi connectivity index (χ1) is 15.0. The molecule has 1 heterocycles. The van der Waals surface area contributed by atoms with Crippen LogP contribution in [0.1, 0.15) is 42.2 Å². The number of anilines is 2. The smallest absolute Gasteiger partial charge is 0.258 e. The Kier molecular flexibility index (Phi) is 5.76. The maximum absolute atomic E-state index is 13.5. The lowest BCUT2D eigenvalue weighted by atomic mass is 9.89. The first-order valence-electron chi connectivity index (χ1n) is 10.4. The van der Waals surface area contributed by atoms with Crippen LogP contribution < -0.4 is 14.5 Å². The quantitative estimate of drug-likeness (QED) is 0.587. The van der Waals surface area contributed by atoms with E-state index in [4.69, 9.17) is 4.74 Å². The summed E-state index contributed by atoms with van der Waals surface area (Å²) in [4.78, 5) is 29.8. The van der Waals surface area contributed by atoms with Crippen molar-refractivity contribution in [2.45, 2.75) is 32.4 Å². The largest absolute Gasteiger partial charge is 0.497 e. The van der Waals surface area contributed by atoms with Crippen LogP contribution in [-0.2, 0) is 4.79 Å². The molecule has 4 rings (SSSR count). The van der Waals surface area contributed by atoms with Gasteiger partial charge in [-0.1, -0.05) is 36.4 Å². The number of fused-ring (bicyclic) bond motifs is 1. The van der Waals surface area contributed by atoms with Gasteiger partial charge in [0.25, 0.3) is 5.91 Å². The van der Waals surface area contributed by atoms with Gasteiger partial charge in [0.15, 0.2) is 0 Å². The molecule has 1 aliphatic rings. The summed E-state index contributed by atoms with van der Waals surface area (Å²) in [5, 5.41) is 0.